The van der Waals surface area contributed by atoms with Gasteiger partial charge in [-0.05, 0) is 19.1 Å². The number of amides is 1. The summed E-state index contributed by atoms with van der Waals surface area (Å²) < 4.78 is 36.4. The second-order valence-corrected chi connectivity index (χ2v) is 3.87. The number of carbonyl (C=O) groups excluding carboxylic acids is 1. The minimum atomic E-state index is -4.47. The van der Waals surface area contributed by atoms with Crippen molar-refractivity contribution in [3.8, 4) is 0 Å². The summed E-state index contributed by atoms with van der Waals surface area (Å²) in [5.74, 6) is -0.398. The molecule has 0 fully saturated rings. The number of nitrogens with zero attached hydrogens (tertiary/aromatic N) is 1. The van der Waals surface area contributed by atoms with Crippen LogP contribution in [0.15, 0.2) is 18.3 Å². The number of nitrogens with one attached hydrogen (secondary N) is 1. The lowest BCUT2D eigenvalue weighted by molar-refractivity contribution is -0.141. The van der Waals surface area contributed by atoms with Gasteiger partial charge in [0.2, 0.25) is 5.91 Å². The third-order valence-corrected chi connectivity index (χ3v) is 1.94. The predicted molar refractivity (Wildman–Crippen MR) is 56.3 cm³/mol. The first-order chi connectivity index (χ1) is 7.30. The highest BCUT2D eigenvalue weighted by Gasteiger charge is 2.32. The molecule has 3 nitrogen and oxygen atoms in total. The number of hydrogen-bond acceptors (Lipinski definition) is 3. The van der Waals surface area contributed by atoms with E-state index in [0.717, 1.165) is 18.3 Å². The minimum absolute atomic E-state index is 0.207. The molecule has 1 atom stereocenters. The lowest BCUT2D eigenvalue weighted by atomic mass is 10.3. The van der Waals surface area contributed by atoms with Gasteiger partial charge in [0.25, 0.3) is 0 Å². The molecule has 1 aromatic rings. The minimum Gasteiger partial charge on any atom is -0.324 e. The summed E-state index contributed by atoms with van der Waals surface area (Å²) in [6, 6.07) is 1.95. The number of carbonyl (C=O) groups is 1. The average molecular weight is 250 g/mol. The standard InChI is InChI=1S/C9H9F3N2OS/c1-5(16)8(15)14-6-2-3-7(13-4-6)9(10,11)12/h2-5,16H,1H3,(H,14,15). The zero-order valence-corrected chi connectivity index (χ0v) is 9.14. The van der Waals surface area contributed by atoms with E-state index in [-0.39, 0.29) is 5.69 Å². The van der Waals surface area contributed by atoms with Gasteiger partial charge in [-0.15, -0.1) is 0 Å². The first-order valence-corrected chi connectivity index (χ1v) is 4.84. The number of pyridine rings is 1. The van der Waals surface area contributed by atoms with Crippen LogP contribution in [0.2, 0.25) is 0 Å². The van der Waals surface area contributed by atoms with Crippen molar-refractivity contribution < 1.29 is 18.0 Å². The molecule has 0 bridgehead atoms. The Balaban J connectivity index is 2.76. The van der Waals surface area contributed by atoms with Gasteiger partial charge in [0.1, 0.15) is 5.69 Å². The smallest absolute Gasteiger partial charge is 0.324 e. The number of halogens is 3. The number of hydrogen-bond donors (Lipinski definition) is 2. The normalized spacial score (nSPS) is 13.3. The molecule has 0 saturated heterocycles. The monoisotopic (exact) mass is 250 g/mol. The largest absolute Gasteiger partial charge is 0.433 e. The molecule has 0 spiro atoms. The van der Waals surface area contributed by atoms with Crippen LogP contribution in [0.3, 0.4) is 0 Å². The first kappa shape index (κ1) is 12.8. The topological polar surface area (TPSA) is 42.0 Å². The van der Waals surface area contributed by atoms with Crippen LogP contribution in [0.5, 0.6) is 0 Å². The summed E-state index contributed by atoms with van der Waals surface area (Å²) in [6.07, 6.45) is -3.52. The van der Waals surface area contributed by atoms with Gasteiger partial charge in [-0.3, -0.25) is 4.79 Å². The van der Waals surface area contributed by atoms with E-state index in [9.17, 15) is 18.0 Å². The summed E-state index contributed by atoms with van der Waals surface area (Å²) in [4.78, 5) is 14.4. The summed E-state index contributed by atoms with van der Waals surface area (Å²) in [5.41, 5.74) is -0.789. The van der Waals surface area contributed by atoms with Crippen molar-refractivity contribution >= 4 is 24.2 Å². The Morgan fingerprint density at radius 1 is 1.50 bits per heavy atom. The molecular formula is C9H9F3N2OS. The molecule has 1 rings (SSSR count). The zero-order valence-electron chi connectivity index (χ0n) is 8.25. The van der Waals surface area contributed by atoms with Crippen molar-refractivity contribution in [1.29, 1.82) is 0 Å². The highest BCUT2D eigenvalue weighted by molar-refractivity contribution is 7.81. The van der Waals surface area contributed by atoms with Gasteiger partial charge < -0.3 is 5.32 Å². The lowest BCUT2D eigenvalue weighted by Crippen LogP contribution is -2.20. The van der Waals surface area contributed by atoms with Crippen LogP contribution in [0.4, 0.5) is 18.9 Å². The summed E-state index contributed by atoms with van der Waals surface area (Å²) >= 11 is 3.88. The van der Waals surface area contributed by atoms with Crippen molar-refractivity contribution in [1.82, 2.24) is 4.98 Å². The summed E-state index contributed by atoms with van der Waals surface area (Å²) in [6.45, 7) is 1.55. The molecule has 0 aliphatic carbocycles. The molecule has 0 aliphatic rings. The molecule has 16 heavy (non-hydrogen) atoms. The van der Waals surface area contributed by atoms with E-state index in [1.165, 1.54) is 0 Å². The first-order valence-electron chi connectivity index (χ1n) is 4.33. The predicted octanol–water partition coefficient (Wildman–Crippen LogP) is 2.36. The zero-order chi connectivity index (χ0) is 12.3. The van der Waals surface area contributed by atoms with Crippen molar-refractivity contribution in [2.45, 2.75) is 18.3 Å². The maximum absolute atomic E-state index is 12.1. The molecule has 1 unspecified atom stereocenters. The molecule has 7 heteroatoms. The van der Waals surface area contributed by atoms with Crippen LogP contribution in [0.25, 0.3) is 0 Å². The van der Waals surface area contributed by atoms with E-state index in [4.69, 9.17) is 0 Å². The number of rotatable bonds is 2. The van der Waals surface area contributed by atoms with E-state index in [0.29, 0.717) is 0 Å². The Hall–Kier alpha value is -1.24. The fraction of sp³-hybridized carbons (Fsp3) is 0.333. The van der Waals surface area contributed by atoms with Crippen LogP contribution in [-0.4, -0.2) is 16.1 Å². The molecule has 0 aliphatic heterocycles. The molecular weight excluding hydrogens is 241 g/mol. The van der Waals surface area contributed by atoms with Gasteiger partial charge in [-0.2, -0.15) is 25.8 Å². The number of anilines is 1. The Bertz CT molecular complexity index is 375. The summed E-state index contributed by atoms with van der Waals surface area (Å²) in [7, 11) is 0. The molecule has 1 amide bonds. The third kappa shape index (κ3) is 3.41. The van der Waals surface area contributed by atoms with Crippen LogP contribution in [0, 0.1) is 0 Å². The maximum atomic E-state index is 12.1. The quantitative estimate of drug-likeness (QED) is 0.791. The van der Waals surface area contributed by atoms with Gasteiger partial charge in [-0.25, -0.2) is 4.98 Å². The van der Waals surface area contributed by atoms with Gasteiger partial charge in [0.15, 0.2) is 0 Å². The highest BCUT2D eigenvalue weighted by atomic mass is 32.1. The van der Waals surface area contributed by atoms with Gasteiger partial charge in [0, 0.05) is 0 Å². The number of thiol groups is 1. The van der Waals surface area contributed by atoms with Gasteiger partial charge in [-0.1, -0.05) is 0 Å². The fourth-order valence-electron chi connectivity index (χ4n) is 0.882. The molecule has 0 aromatic carbocycles. The van der Waals surface area contributed by atoms with Crippen molar-refractivity contribution in [3.05, 3.63) is 24.0 Å². The van der Waals surface area contributed by atoms with E-state index >= 15 is 0 Å². The molecule has 0 saturated carbocycles. The molecule has 1 aromatic heterocycles. The SMILES string of the molecule is CC(S)C(=O)Nc1ccc(C(F)(F)F)nc1. The van der Waals surface area contributed by atoms with Crippen LogP contribution in [-0.2, 0) is 11.0 Å². The maximum Gasteiger partial charge on any atom is 0.433 e. The molecule has 88 valence electrons. The van der Waals surface area contributed by atoms with Crippen molar-refractivity contribution in [2.24, 2.45) is 0 Å². The average Bonchev–Trinajstić information content (AvgIpc) is 2.17. The van der Waals surface area contributed by atoms with Crippen molar-refractivity contribution in [2.75, 3.05) is 5.32 Å². The van der Waals surface area contributed by atoms with Crippen molar-refractivity contribution in [3.63, 3.8) is 0 Å². The molecule has 0 radical (unpaired) electrons. The Morgan fingerprint density at radius 2 is 2.12 bits per heavy atom. The molecule has 1 heterocycles. The van der Waals surface area contributed by atoms with Crippen LogP contribution >= 0.6 is 12.6 Å². The lowest BCUT2D eigenvalue weighted by Gasteiger charge is -2.08. The van der Waals surface area contributed by atoms with E-state index in [1.54, 1.807) is 6.92 Å². The fourth-order valence-corrected chi connectivity index (χ4v) is 0.947. The van der Waals surface area contributed by atoms with Crippen LogP contribution in [0.1, 0.15) is 12.6 Å². The summed E-state index contributed by atoms with van der Waals surface area (Å²) in [5, 5.41) is 1.84. The second kappa shape index (κ2) is 4.73. The van der Waals surface area contributed by atoms with Crippen LogP contribution < -0.4 is 5.32 Å². The third-order valence-electron chi connectivity index (χ3n) is 1.70. The Labute approximate surface area is 95.5 Å². The van der Waals surface area contributed by atoms with Gasteiger partial charge >= 0.3 is 6.18 Å². The van der Waals surface area contributed by atoms with E-state index < -0.39 is 23.0 Å². The Kier molecular flexibility index (Phi) is 3.79. The van der Waals surface area contributed by atoms with E-state index in [1.807, 2.05) is 0 Å². The van der Waals surface area contributed by atoms with E-state index in [2.05, 4.69) is 22.9 Å². The number of alkyl halides is 3. The number of aromatic nitrogens is 1. The second-order valence-electron chi connectivity index (χ2n) is 3.10. The molecule has 1 N–H and O–H groups in total. The highest BCUT2D eigenvalue weighted by Crippen LogP contribution is 2.27. The Morgan fingerprint density at radius 3 is 2.50 bits per heavy atom. The van der Waals surface area contributed by atoms with Gasteiger partial charge in [0.05, 0.1) is 17.1 Å².